The van der Waals surface area contributed by atoms with Gasteiger partial charge in [-0.25, -0.2) is 8.42 Å². The van der Waals surface area contributed by atoms with Gasteiger partial charge in [-0.05, 0) is 28.3 Å². The molecule has 8 heteroatoms. The van der Waals surface area contributed by atoms with Gasteiger partial charge in [0.05, 0.1) is 0 Å². The summed E-state index contributed by atoms with van der Waals surface area (Å²) < 4.78 is 27.2. The molecule has 1 aliphatic rings. The molecule has 5 nitrogen and oxygen atoms in total. The molecule has 1 aromatic rings. The largest absolute Gasteiger partial charge is 0.443 e. The van der Waals surface area contributed by atoms with Crippen molar-refractivity contribution in [1.82, 2.24) is 5.32 Å². The van der Waals surface area contributed by atoms with Gasteiger partial charge < -0.3 is 9.73 Å². The molecule has 0 radical (unpaired) electrons. The first kappa shape index (κ1) is 13.9. The standard InChI is InChI=1S/C10H11BrClNO4S/c11-9-8(18(12,15)16)5-7(17-9)10(14)13-4-3-6-1-2-6/h5-6H,1-4H2,(H,13,14). The summed E-state index contributed by atoms with van der Waals surface area (Å²) in [4.78, 5) is 11.4. The number of hydrogen-bond donors (Lipinski definition) is 1. The smallest absolute Gasteiger partial charge is 0.287 e. The topological polar surface area (TPSA) is 76.4 Å². The van der Waals surface area contributed by atoms with Crippen LogP contribution in [0.2, 0.25) is 0 Å². The van der Waals surface area contributed by atoms with Crippen LogP contribution in [0.15, 0.2) is 20.0 Å². The summed E-state index contributed by atoms with van der Waals surface area (Å²) in [5, 5.41) is 2.67. The summed E-state index contributed by atoms with van der Waals surface area (Å²) in [5.74, 6) is 0.201. The van der Waals surface area contributed by atoms with Gasteiger partial charge in [-0.15, -0.1) is 0 Å². The van der Waals surface area contributed by atoms with Crippen LogP contribution in [0.5, 0.6) is 0 Å². The third-order valence-corrected chi connectivity index (χ3v) is 4.86. The van der Waals surface area contributed by atoms with Crippen molar-refractivity contribution in [2.75, 3.05) is 6.54 Å². The van der Waals surface area contributed by atoms with Gasteiger partial charge in [-0.3, -0.25) is 4.79 Å². The predicted molar refractivity (Wildman–Crippen MR) is 69.1 cm³/mol. The lowest BCUT2D eigenvalue weighted by Crippen LogP contribution is -2.24. The Kier molecular flexibility index (Phi) is 4.03. The van der Waals surface area contributed by atoms with Crippen molar-refractivity contribution < 1.29 is 17.6 Å². The second-order valence-corrected chi connectivity index (χ2v) is 7.43. The lowest BCUT2D eigenvalue weighted by molar-refractivity contribution is 0.0923. The summed E-state index contributed by atoms with van der Waals surface area (Å²) in [5.41, 5.74) is 0. The zero-order chi connectivity index (χ0) is 13.3. The molecular weight excluding hydrogens is 346 g/mol. The molecule has 1 aliphatic carbocycles. The molecule has 1 heterocycles. The summed E-state index contributed by atoms with van der Waals surface area (Å²) in [7, 11) is 1.27. The van der Waals surface area contributed by atoms with Crippen LogP contribution in [0.25, 0.3) is 0 Å². The van der Waals surface area contributed by atoms with Crippen molar-refractivity contribution in [3.8, 4) is 0 Å². The van der Waals surface area contributed by atoms with Gasteiger partial charge in [0.25, 0.3) is 15.0 Å². The Balaban J connectivity index is 2.01. The Hall–Kier alpha value is -0.530. The first-order chi connectivity index (χ1) is 8.38. The SMILES string of the molecule is O=C(NCCC1CC1)c1cc(S(=O)(=O)Cl)c(Br)o1. The first-order valence-electron chi connectivity index (χ1n) is 5.40. The quantitative estimate of drug-likeness (QED) is 0.822. The second kappa shape index (κ2) is 5.22. The number of carbonyl (C=O) groups is 1. The summed E-state index contributed by atoms with van der Waals surface area (Å²) in [6.07, 6.45) is 3.38. The fourth-order valence-corrected chi connectivity index (χ4v) is 3.55. The predicted octanol–water partition coefficient (Wildman–Crippen LogP) is 2.50. The van der Waals surface area contributed by atoms with E-state index in [4.69, 9.17) is 15.1 Å². The van der Waals surface area contributed by atoms with Gasteiger partial charge in [0.15, 0.2) is 10.4 Å². The Morgan fingerprint density at radius 2 is 2.22 bits per heavy atom. The van der Waals surface area contributed by atoms with E-state index in [1.165, 1.54) is 12.8 Å². The van der Waals surface area contributed by atoms with Crippen molar-refractivity contribution in [1.29, 1.82) is 0 Å². The minimum atomic E-state index is -3.92. The number of hydrogen-bond acceptors (Lipinski definition) is 4. The molecule has 0 atom stereocenters. The van der Waals surface area contributed by atoms with E-state index in [2.05, 4.69) is 21.2 Å². The second-order valence-electron chi connectivity index (χ2n) is 4.17. The molecule has 0 bridgehead atoms. The summed E-state index contributed by atoms with van der Waals surface area (Å²) in [6.45, 7) is 0.560. The van der Waals surface area contributed by atoms with Crippen LogP contribution in [0.4, 0.5) is 0 Å². The average molecular weight is 357 g/mol. The number of carbonyl (C=O) groups excluding carboxylic acids is 1. The molecule has 1 saturated carbocycles. The van der Waals surface area contributed by atoms with E-state index in [0.717, 1.165) is 12.5 Å². The van der Waals surface area contributed by atoms with Crippen molar-refractivity contribution in [3.05, 3.63) is 16.5 Å². The normalized spacial score (nSPS) is 15.7. The van der Waals surface area contributed by atoms with E-state index < -0.39 is 15.0 Å². The molecule has 2 rings (SSSR count). The Morgan fingerprint density at radius 1 is 1.56 bits per heavy atom. The van der Waals surface area contributed by atoms with Crippen LogP contribution in [-0.2, 0) is 9.05 Å². The van der Waals surface area contributed by atoms with Gasteiger partial charge in [-0.2, -0.15) is 0 Å². The number of halogens is 2. The van der Waals surface area contributed by atoms with E-state index in [-0.39, 0.29) is 15.3 Å². The summed E-state index contributed by atoms with van der Waals surface area (Å²) >= 11 is 2.91. The lowest BCUT2D eigenvalue weighted by atomic mass is 10.3. The van der Waals surface area contributed by atoms with E-state index >= 15 is 0 Å². The zero-order valence-electron chi connectivity index (χ0n) is 9.28. The Bertz CT molecular complexity index is 564. The third kappa shape index (κ3) is 3.49. The lowest BCUT2D eigenvalue weighted by Gasteiger charge is -2.00. The van der Waals surface area contributed by atoms with E-state index in [9.17, 15) is 13.2 Å². The minimum Gasteiger partial charge on any atom is -0.443 e. The molecule has 1 N–H and O–H groups in total. The van der Waals surface area contributed by atoms with Crippen molar-refractivity contribution in [2.24, 2.45) is 5.92 Å². The highest BCUT2D eigenvalue weighted by Crippen LogP contribution is 2.32. The van der Waals surface area contributed by atoms with E-state index in [1.54, 1.807) is 0 Å². The molecule has 18 heavy (non-hydrogen) atoms. The van der Waals surface area contributed by atoms with Crippen LogP contribution in [0.3, 0.4) is 0 Å². The van der Waals surface area contributed by atoms with Crippen molar-refractivity contribution >= 4 is 41.6 Å². The molecule has 0 aliphatic heterocycles. The van der Waals surface area contributed by atoms with Gasteiger partial charge >= 0.3 is 0 Å². The van der Waals surface area contributed by atoms with Gasteiger partial charge in [0, 0.05) is 23.3 Å². The van der Waals surface area contributed by atoms with Gasteiger partial charge in [-0.1, -0.05) is 12.8 Å². The highest BCUT2D eigenvalue weighted by molar-refractivity contribution is 9.10. The number of rotatable bonds is 5. The minimum absolute atomic E-state index is 0.0650. The maximum atomic E-state index is 11.7. The molecule has 0 spiro atoms. The van der Waals surface area contributed by atoms with Gasteiger partial charge in [0.1, 0.15) is 4.90 Å². The molecular formula is C10H11BrClNO4S. The molecule has 0 unspecified atom stereocenters. The number of amides is 1. The Morgan fingerprint density at radius 3 is 2.72 bits per heavy atom. The molecule has 0 aromatic carbocycles. The van der Waals surface area contributed by atoms with E-state index in [1.807, 2.05) is 0 Å². The molecule has 1 aromatic heterocycles. The average Bonchev–Trinajstić information content (AvgIpc) is 2.98. The van der Waals surface area contributed by atoms with Gasteiger partial charge in [0.2, 0.25) is 0 Å². The number of nitrogens with one attached hydrogen (secondary N) is 1. The van der Waals surface area contributed by atoms with Crippen molar-refractivity contribution in [2.45, 2.75) is 24.2 Å². The molecule has 1 fully saturated rings. The number of furan rings is 1. The van der Waals surface area contributed by atoms with Crippen LogP contribution in [0.1, 0.15) is 29.8 Å². The highest BCUT2D eigenvalue weighted by atomic mass is 79.9. The maximum absolute atomic E-state index is 11.7. The monoisotopic (exact) mass is 355 g/mol. The van der Waals surface area contributed by atoms with E-state index in [0.29, 0.717) is 12.5 Å². The Labute approximate surface area is 117 Å². The fourth-order valence-electron chi connectivity index (χ4n) is 1.51. The van der Waals surface area contributed by atoms with Crippen molar-refractivity contribution in [3.63, 3.8) is 0 Å². The molecule has 0 saturated heterocycles. The van der Waals surface area contributed by atoms with Crippen LogP contribution in [-0.4, -0.2) is 20.9 Å². The zero-order valence-corrected chi connectivity index (χ0v) is 12.4. The maximum Gasteiger partial charge on any atom is 0.287 e. The fraction of sp³-hybridized carbons (Fsp3) is 0.500. The van der Waals surface area contributed by atoms with Crippen LogP contribution < -0.4 is 5.32 Å². The highest BCUT2D eigenvalue weighted by Gasteiger charge is 2.24. The van der Waals surface area contributed by atoms with Crippen LogP contribution in [0, 0.1) is 5.92 Å². The molecule has 100 valence electrons. The first-order valence-corrected chi connectivity index (χ1v) is 8.50. The van der Waals surface area contributed by atoms with Crippen LogP contribution >= 0.6 is 26.6 Å². The third-order valence-electron chi connectivity index (χ3n) is 2.68. The molecule has 1 amide bonds. The summed E-state index contributed by atoms with van der Waals surface area (Å²) in [6, 6.07) is 1.11.